The number of hydrogen-bond donors (Lipinski definition) is 0. The lowest BCUT2D eigenvalue weighted by Crippen LogP contribution is -2.44. The summed E-state index contributed by atoms with van der Waals surface area (Å²) in [4.78, 5) is 13.7. The number of ether oxygens (including phenoxy) is 1. The van der Waals surface area contributed by atoms with Crippen molar-refractivity contribution in [1.29, 1.82) is 0 Å². The van der Waals surface area contributed by atoms with Crippen molar-refractivity contribution in [3.8, 4) is 0 Å². The lowest BCUT2D eigenvalue weighted by molar-refractivity contribution is 0.0605. The average molecular weight is 223 g/mol. The second kappa shape index (κ2) is 3.87. The smallest absolute Gasteiger partial charge is 0.256 e. The number of halogens is 1. The van der Waals surface area contributed by atoms with Crippen LogP contribution in [0.15, 0.2) is 24.3 Å². The molecule has 4 heteroatoms. The largest absolute Gasteiger partial charge is 0.359 e. The molecule has 0 atom stereocenters. The van der Waals surface area contributed by atoms with Crippen molar-refractivity contribution >= 4 is 5.91 Å². The van der Waals surface area contributed by atoms with Crippen LogP contribution in [0.25, 0.3) is 0 Å². The van der Waals surface area contributed by atoms with Crippen LogP contribution >= 0.6 is 0 Å². The lowest BCUT2D eigenvalue weighted by Gasteiger charge is -2.29. The summed E-state index contributed by atoms with van der Waals surface area (Å²) in [6, 6.07) is 5.71. The van der Waals surface area contributed by atoms with E-state index >= 15 is 0 Å². The second-order valence-electron chi connectivity index (χ2n) is 4.53. The van der Waals surface area contributed by atoms with E-state index in [2.05, 4.69) is 0 Å². The normalized spacial score (nSPS) is 18.8. The highest BCUT2D eigenvalue weighted by atomic mass is 19.1. The van der Waals surface area contributed by atoms with E-state index in [1.165, 1.54) is 18.2 Å². The number of carbonyl (C=O) groups excluding carboxylic acids is 1. The molecule has 1 aromatic carbocycles. The quantitative estimate of drug-likeness (QED) is 0.729. The number of hydrogen-bond acceptors (Lipinski definition) is 2. The Hall–Kier alpha value is -1.42. The zero-order valence-electron chi connectivity index (χ0n) is 9.37. The summed E-state index contributed by atoms with van der Waals surface area (Å²) in [5.41, 5.74) is 0.0298. The molecule has 0 radical (unpaired) electrons. The molecule has 0 aromatic heterocycles. The molecule has 16 heavy (non-hydrogen) atoms. The van der Waals surface area contributed by atoms with Gasteiger partial charge in [-0.1, -0.05) is 6.07 Å². The highest BCUT2D eigenvalue weighted by Crippen LogP contribution is 2.23. The molecule has 0 aliphatic carbocycles. The summed E-state index contributed by atoms with van der Waals surface area (Å²) < 4.78 is 18.3. The van der Waals surface area contributed by atoms with Crippen molar-refractivity contribution < 1.29 is 13.9 Å². The Morgan fingerprint density at radius 2 is 2.25 bits per heavy atom. The van der Waals surface area contributed by atoms with E-state index in [1.807, 2.05) is 13.8 Å². The number of amides is 1. The molecular weight excluding hydrogens is 209 g/mol. The highest BCUT2D eigenvalue weighted by molar-refractivity contribution is 5.94. The Kier molecular flexibility index (Phi) is 2.68. The van der Waals surface area contributed by atoms with Crippen LogP contribution in [-0.4, -0.2) is 29.7 Å². The fourth-order valence-electron chi connectivity index (χ4n) is 1.75. The number of rotatable bonds is 1. The maximum Gasteiger partial charge on any atom is 0.256 e. The molecule has 86 valence electrons. The molecule has 0 spiro atoms. The van der Waals surface area contributed by atoms with Crippen LogP contribution in [0.4, 0.5) is 4.39 Å². The molecule has 2 rings (SSSR count). The molecule has 0 bridgehead atoms. The molecule has 1 amide bonds. The first-order valence-electron chi connectivity index (χ1n) is 5.16. The van der Waals surface area contributed by atoms with Gasteiger partial charge in [-0.3, -0.25) is 4.79 Å². The maximum atomic E-state index is 13.0. The Balaban J connectivity index is 2.26. The molecule has 1 aromatic rings. The topological polar surface area (TPSA) is 29.5 Å². The van der Waals surface area contributed by atoms with Gasteiger partial charge in [0.15, 0.2) is 0 Å². The third-order valence-electron chi connectivity index (χ3n) is 2.72. The van der Waals surface area contributed by atoms with Crippen LogP contribution in [-0.2, 0) is 4.74 Å². The SMILES string of the molecule is CC1(C)COCN1C(=O)c1cccc(F)c1. The predicted octanol–water partition coefficient (Wildman–Crippen LogP) is 2.03. The third kappa shape index (κ3) is 1.93. The molecule has 0 saturated carbocycles. The van der Waals surface area contributed by atoms with E-state index in [9.17, 15) is 9.18 Å². The molecular formula is C12H14FNO2. The predicted molar refractivity (Wildman–Crippen MR) is 57.5 cm³/mol. The van der Waals surface area contributed by atoms with Crippen molar-refractivity contribution in [3.05, 3.63) is 35.6 Å². The van der Waals surface area contributed by atoms with Crippen molar-refractivity contribution in [1.82, 2.24) is 4.90 Å². The summed E-state index contributed by atoms with van der Waals surface area (Å²) in [5, 5.41) is 0. The van der Waals surface area contributed by atoms with Crippen LogP contribution in [0.1, 0.15) is 24.2 Å². The summed E-state index contributed by atoms with van der Waals surface area (Å²) in [5.74, 6) is -0.592. The Bertz CT molecular complexity index is 417. The zero-order chi connectivity index (χ0) is 11.8. The number of benzene rings is 1. The second-order valence-corrected chi connectivity index (χ2v) is 4.53. The Labute approximate surface area is 93.8 Å². The summed E-state index contributed by atoms with van der Waals surface area (Å²) in [6.07, 6.45) is 0. The molecule has 3 nitrogen and oxygen atoms in total. The van der Waals surface area contributed by atoms with E-state index < -0.39 is 5.82 Å². The van der Waals surface area contributed by atoms with Crippen LogP contribution in [0, 0.1) is 5.82 Å². The molecule has 1 heterocycles. The van der Waals surface area contributed by atoms with Gasteiger partial charge in [0.2, 0.25) is 0 Å². The Morgan fingerprint density at radius 1 is 1.50 bits per heavy atom. The number of carbonyl (C=O) groups is 1. The van der Waals surface area contributed by atoms with Crippen molar-refractivity contribution in [2.45, 2.75) is 19.4 Å². The monoisotopic (exact) mass is 223 g/mol. The highest BCUT2D eigenvalue weighted by Gasteiger charge is 2.36. The minimum Gasteiger partial charge on any atom is -0.359 e. The van der Waals surface area contributed by atoms with Gasteiger partial charge in [0, 0.05) is 5.56 Å². The molecule has 1 aliphatic heterocycles. The average Bonchev–Trinajstić information content (AvgIpc) is 2.57. The van der Waals surface area contributed by atoms with Crippen LogP contribution < -0.4 is 0 Å². The van der Waals surface area contributed by atoms with Crippen molar-refractivity contribution in [2.75, 3.05) is 13.3 Å². The first-order valence-corrected chi connectivity index (χ1v) is 5.16. The van der Waals surface area contributed by atoms with Crippen molar-refractivity contribution in [2.24, 2.45) is 0 Å². The van der Waals surface area contributed by atoms with Gasteiger partial charge in [0.1, 0.15) is 12.5 Å². The van der Waals surface area contributed by atoms with E-state index in [1.54, 1.807) is 11.0 Å². The van der Waals surface area contributed by atoms with Crippen LogP contribution in [0.2, 0.25) is 0 Å². The molecule has 1 fully saturated rings. The van der Waals surface area contributed by atoms with Crippen LogP contribution in [0.5, 0.6) is 0 Å². The number of nitrogens with zero attached hydrogens (tertiary/aromatic N) is 1. The summed E-state index contributed by atoms with van der Waals surface area (Å²) >= 11 is 0. The molecule has 1 saturated heterocycles. The first kappa shape index (κ1) is 11.1. The van der Waals surface area contributed by atoms with Gasteiger partial charge in [0.05, 0.1) is 12.1 Å². The van der Waals surface area contributed by atoms with E-state index in [0.717, 1.165) is 0 Å². The van der Waals surface area contributed by atoms with Crippen molar-refractivity contribution in [3.63, 3.8) is 0 Å². The minimum absolute atomic E-state index is 0.193. The van der Waals surface area contributed by atoms with Gasteiger partial charge >= 0.3 is 0 Å². The third-order valence-corrected chi connectivity index (χ3v) is 2.72. The van der Waals surface area contributed by atoms with Gasteiger partial charge in [-0.05, 0) is 32.0 Å². The standard InChI is InChI=1S/C12H14FNO2/c1-12(2)7-16-8-14(12)11(15)9-4-3-5-10(13)6-9/h3-6H,7-8H2,1-2H3. The van der Waals surface area contributed by atoms with Gasteiger partial charge in [-0.2, -0.15) is 0 Å². The van der Waals surface area contributed by atoms with Gasteiger partial charge in [-0.15, -0.1) is 0 Å². The Morgan fingerprint density at radius 3 is 2.81 bits per heavy atom. The first-order chi connectivity index (χ1) is 7.50. The molecule has 1 aliphatic rings. The lowest BCUT2D eigenvalue weighted by atomic mass is 10.0. The van der Waals surface area contributed by atoms with E-state index in [4.69, 9.17) is 4.74 Å². The summed E-state index contributed by atoms with van der Waals surface area (Å²) in [6.45, 7) is 4.63. The van der Waals surface area contributed by atoms with E-state index in [-0.39, 0.29) is 18.2 Å². The zero-order valence-corrected chi connectivity index (χ0v) is 9.37. The van der Waals surface area contributed by atoms with E-state index in [0.29, 0.717) is 12.2 Å². The van der Waals surface area contributed by atoms with Gasteiger partial charge in [-0.25, -0.2) is 4.39 Å². The minimum atomic E-state index is -0.399. The summed E-state index contributed by atoms with van der Waals surface area (Å²) in [7, 11) is 0. The van der Waals surface area contributed by atoms with Crippen LogP contribution in [0.3, 0.4) is 0 Å². The fraction of sp³-hybridized carbons (Fsp3) is 0.417. The maximum absolute atomic E-state index is 13.0. The van der Waals surface area contributed by atoms with Gasteiger partial charge in [0.25, 0.3) is 5.91 Å². The molecule has 0 unspecified atom stereocenters. The fourth-order valence-corrected chi connectivity index (χ4v) is 1.75. The molecule has 0 N–H and O–H groups in total. The van der Waals surface area contributed by atoms with Gasteiger partial charge < -0.3 is 9.64 Å².